The monoisotopic (exact) mass is 279 g/mol. The molecule has 2 aliphatic rings. The summed E-state index contributed by atoms with van der Waals surface area (Å²) in [6.45, 7) is 0.693. The summed E-state index contributed by atoms with van der Waals surface area (Å²) in [4.78, 5) is 0. The Hall–Kier alpha value is -0.730. The molecule has 0 atom stereocenters. The Bertz CT molecular complexity index is 489. The molecule has 19 heavy (non-hydrogen) atoms. The fourth-order valence-corrected chi connectivity index (χ4v) is 4.01. The Morgan fingerprint density at radius 2 is 2.00 bits per heavy atom. The molecule has 0 bridgehead atoms. The van der Waals surface area contributed by atoms with Crippen LogP contribution in [0.15, 0.2) is 6.07 Å². The molecule has 3 heteroatoms. The van der Waals surface area contributed by atoms with Crippen LogP contribution in [0, 0.1) is 0 Å². The topological polar surface area (TPSA) is 35.2 Å². The first-order chi connectivity index (χ1) is 9.22. The van der Waals surface area contributed by atoms with Gasteiger partial charge in [0.2, 0.25) is 0 Å². The highest BCUT2D eigenvalue weighted by molar-refractivity contribution is 6.33. The molecule has 104 valence electrons. The minimum atomic E-state index is 0.113. The van der Waals surface area contributed by atoms with Crippen molar-refractivity contribution in [1.82, 2.24) is 0 Å². The zero-order chi connectivity index (χ0) is 13.5. The van der Waals surface area contributed by atoms with Crippen molar-refractivity contribution in [1.29, 1.82) is 0 Å². The van der Waals surface area contributed by atoms with E-state index in [-0.39, 0.29) is 5.41 Å². The summed E-state index contributed by atoms with van der Waals surface area (Å²) >= 11 is 6.61. The lowest BCUT2D eigenvalue weighted by Crippen LogP contribution is -2.42. The summed E-state index contributed by atoms with van der Waals surface area (Å²) in [7, 11) is 1.73. The molecule has 1 aromatic rings. The molecular weight excluding hydrogens is 258 g/mol. The van der Waals surface area contributed by atoms with E-state index in [1.54, 1.807) is 7.11 Å². The molecule has 0 radical (unpaired) electrons. The van der Waals surface area contributed by atoms with Crippen molar-refractivity contribution in [2.45, 2.75) is 50.4 Å². The van der Waals surface area contributed by atoms with E-state index in [4.69, 9.17) is 22.1 Å². The van der Waals surface area contributed by atoms with Crippen molar-refractivity contribution in [3.8, 4) is 5.75 Å². The molecule has 0 unspecified atom stereocenters. The highest BCUT2D eigenvalue weighted by Gasteiger charge is 2.41. The van der Waals surface area contributed by atoms with Crippen LogP contribution in [0.4, 0.5) is 0 Å². The summed E-state index contributed by atoms with van der Waals surface area (Å²) < 4.78 is 5.64. The average Bonchev–Trinajstić information content (AvgIpc) is 2.39. The van der Waals surface area contributed by atoms with Crippen LogP contribution < -0.4 is 10.5 Å². The molecule has 2 aliphatic carbocycles. The quantitative estimate of drug-likeness (QED) is 0.917. The van der Waals surface area contributed by atoms with Crippen molar-refractivity contribution in [2.24, 2.45) is 5.73 Å². The zero-order valence-electron chi connectivity index (χ0n) is 11.6. The van der Waals surface area contributed by atoms with Crippen LogP contribution in [0.3, 0.4) is 0 Å². The molecule has 1 aromatic carbocycles. The molecule has 3 rings (SSSR count). The van der Waals surface area contributed by atoms with Gasteiger partial charge in [0.05, 0.1) is 12.1 Å². The predicted molar refractivity (Wildman–Crippen MR) is 79.2 cm³/mol. The molecule has 2 N–H and O–H groups in total. The number of methoxy groups -OCH3 is 1. The van der Waals surface area contributed by atoms with Crippen molar-refractivity contribution in [2.75, 3.05) is 13.7 Å². The third kappa shape index (κ3) is 1.96. The Kier molecular flexibility index (Phi) is 3.48. The van der Waals surface area contributed by atoms with E-state index in [9.17, 15) is 0 Å². The second-order valence-electron chi connectivity index (χ2n) is 5.95. The van der Waals surface area contributed by atoms with E-state index in [1.807, 2.05) is 0 Å². The maximum Gasteiger partial charge on any atom is 0.141 e. The second-order valence-corrected chi connectivity index (χ2v) is 6.33. The first kappa shape index (κ1) is 13.3. The van der Waals surface area contributed by atoms with E-state index >= 15 is 0 Å². The van der Waals surface area contributed by atoms with Crippen molar-refractivity contribution >= 4 is 11.6 Å². The summed E-state index contributed by atoms with van der Waals surface area (Å²) in [5.74, 6) is 0.882. The van der Waals surface area contributed by atoms with Gasteiger partial charge in [0, 0.05) is 17.5 Å². The number of aryl methyl sites for hydroxylation is 1. The number of fused-ring (bicyclic) bond motifs is 1. The third-order valence-corrected chi connectivity index (χ3v) is 5.41. The summed E-state index contributed by atoms with van der Waals surface area (Å²) in [5.41, 5.74) is 10.2. The van der Waals surface area contributed by atoms with Gasteiger partial charge in [-0.15, -0.1) is 0 Å². The largest absolute Gasteiger partial charge is 0.495 e. The highest BCUT2D eigenvalue weighted by atomic mass is 35.5. The van der Waals surface area contributed by atoms with E-state index in [0.717, 1.165) is 36.5 Å². The fourth-order valence-electron chi connectivity index (χ4n) is 3.61. The maximum atomic E-state index is 6.61. The normalized spacial score (nSPS) is 20.6. The lowest BCUT2D eigenvalue weighted by molar-refractivity contribution is 0.243. The summed E-state index contributed by atoms with van der Waals surface area (Å²) in [5, 5.41) is 0.842. The van der Waals surface area contributed by atoms with Gasteiger partial charge in [-0.2, -0.15) is 0 Å². The zero-order valence-corrected chi connectivity index (χ0v) is 12.4. The van der Waals surface area contributed by atoms with Crippen LogP contribution >= 0.6 is 11.6 Å². The van der Waals surface area contributed by atoms with Crippen molar-refractivity contribution < 1.29 is 4.74 Å². The smallest absolute Gasteiger partial charge is 0.141 e. The standard InChI is InChI=1S/C16H22ClNO/c1-19-15-13(16(10-18)7-4-8-16)9-11-5-2-3-6-12(11)14(15)17/h9H,2-8,10,18H2,1H3. The SMILES string of the molecule is COc1c(C2(CN)CCC2)cc2c(c1Cl)CCCC2. The van der Waals surface area contributed by atoms with Gasteiger partial charge in [0.25, 0.3) is 0 Å². The lowest BCUT2D eigenvalue weighted by Gasteiger charge is -2.43. The van der Waals surface area contributed by atoms with Gasteiger partial charge < -0.3 is 10.5 Å². The highest BCUT2D eigenvalue weighted by Crippen LogP contribution is 2.50. The van der Waals surface area contributed by atoms with E-state index in [2.05, 4.69) is 6.07 Å². The predicted octanol–water partition coefficient (Wildman–Crippen LogP) is 3.61. The van der Waals surface area contributed by atoms with Crippen molar-refractivity contribution in [3.05, 3.63) is 27.8 Å². The number of nitrogens with two attached hydrogens (primary N) is 1. The van der Waals surface area contributed by atoms with E-state index < -0.39 is 0 Å². The first-order valence-corrected chi connectivity index (χ1v) is 7.68. The number of hydrogen-bond acceptors (Lipinski definition) is 2. The number of benzene rings is 1. The Morgan fingerprint density at radius 1 is 1.26 bits per heavy atom. The number of hydrogen-bond donors (Lipinski definition) is 1. The van der Waals surface area contributed by atoms with Crippen LogP contribution in [-0.4, -0.2) is 13.7 Å². The Balaban J connectivity index is 2.15. The Morgan fingerprint density at radius 3 is 2.58 bits per heavy atom. The number of halogens is 1. The Labute approximate surface area is 120 Å². The number of ether oxygens (including phenoxy) is 1. The molecule has 0 amide bonds. The second kappa shape index (κ2) is 4.99. The lowest BCUT2D eigenvalue weighted by atomic mass is 9.63. The molecule has 1 saturated carbocycles. The van der Waals surface area contributed by atoms with Gasteiger partial charge in [-0.05, 0) is 49.7 Å². The minimum absolute atomic E-state index is 0.113. The molecular formula is C16H22ClNO. The first-order valence-electron chi connectivity index (χ1n) is 7.30. The van der Waals surface area contributed by atoms with E-state index in [1.165, 1.54) is 36.0 Å². The van der Waals surface area contributed by atoms with Crippen LogP contribution in [-0.2, 0) is 18.3 Å². The van der Waals surface area contributed by atoms with Crippen LogP contribution in [0.5, 0.6) is 5.75 Å². The average molecular weight is 280 g/mol. The molecule has 0 heterocycles. The van der Waals surface area contributed by atoms with Gasteiger partial charge in [-0.3, -0.25) is 0 Å². The van der Waals surface area contributed by atoms with Gasteiger partial charge in [-0.25, -0.2) is 0 Å². The molecule has 0 saturated heterocycles. The fraction of sp³-hybridized carbons (Fsp3) is 0.625. The molecule has 0 aromatic heterocycles. The summed E-state index contributed by atoms with van der Waals surface area (Å²) in [6, 6.07) is 2.34. The van der Waals surface area contributed by atoms with Gasteiger partial charge in [0.1, 0.15) is 5.75 Å². The number of rotatable bonds is 3. The van der Waals surface area contributed by atoms with Crippen LogP contribution in [0.25, 0.3) is 0 Å². The van der Waals surface area contributed by atoms with Crippen LogP contribution in [0.1, 0.15) is 48.8 Å². The van der Waals surface area contributed by atoms with Gasteiger partial charge >= 0.3 is 0 Å². The third-order valence-electron chi connectivity index (χ3n) is 5.01. The van der Waals surface area contributed by atoms with Gasteiger partial charge in [-0.1, -0.05) is 24.1 Å². The maximum absolute atomic E-state index is 6.61. The van der Waals surface area contributed by atoms with Gasteiger partial charge in [0.15, 0.2) is 0 Å². The molecule has 0 aliphatic heterocycles. The van der Waals surface area contributed by atoms with Crippen LogP contribution in [0.2, 0.25) is 5.02 Å². The van der Waals surface area contributed by atoms with Crippen molar-refractivity contribution in [3.63, 3.8) is 0 Å². The van der Waals surface area contributed by atoms with E-state index in [0.29, 0.717) is 6.54 Å². The molecule has 0 spiro atoms. The summed E-state index contributed by atoms with van der Waals surface area (Å²) in [6.07, 6.45) is 8.31. The molecule has 1 fully saturated rings. The minimum Gasteiger partial charge on any atom is -0.495 e. The molecule has 2 nitrogen and oxygen atoms in total.